The predicted octanol–water partition coefficient (Wildman–Crippen LogP) is 2.15. The van der Waals surface area contributed by atoms with Gasteiger partial charge in [-0.1, -0.05) is 13.8 Å². The maximum atomic E-state index is 12.2. The van der Waals surface area contributed by atoms with Gasteiger partial charge in [-0.25, -0.2) is 0 Å². The Balaban J connectivity index is 2.55. The van der Waals surface area contributed by atoms with Gasteiger partial charge in [0, 0.05) is 25.0 Å². The summed E-state index contributed by atoms with van der Waals surface area (Å²) >= 11 is 0. The number of hydrogen-bond acceptors (Lipinski definition) is 2. The van der Waals surface area contributed by atoms with Crippen LogP contribution in [0.3, 0.4) is 0 Å². The molecule has 94 valence electrons. The lowest BCUT2D eigenvalue weighted by Gasteiger charge is -2.40. The van der Waals surface area contributed by atoms with E-state index < -0.39 is 0 Å². The van der Waals surface area contributed by atoms with Gasteiger partial charge in [0.2, 0.25) is 5.91 Å². The Hall–Kier alpha value is -0.570. The molecular formula is C13H26N2O. The van der Waals surface area contributed by atoms with Gasteiger partial charge >= 0.3 is 0 Å². The molecule has 3 nitrogen and oxygen atoms in total. The zero-order valence-electron chi connectivity index (χ0n) is 10.9. The highest BCUT2D eigenvalue weighted by Crippen LogP contribution is 2.23. The number of nitrogens with two attached hydrogens (primary N) is 1. The third-order valence-electron chi connectivity index (χ3n) is 3.52. The third kappa shape index (κ3) is 3.48. The number of rotatable bonds is 4. The van der Waals surface area contributed by atoms with Gasteiger partial charge in [-0.05, 0) is 38.5 Å². The van der Waals surface area contributed by atoms with Crippen molar-refractivity contribution in [2.24, 2.45) is 11.7 Å². The van der Waals surface area contributed by atoms with Crippen LogP contribution in [0.25, 0.3) is 0 Å². The summed E-state index contributed by atoms with van der Waals surface area (Å²) in [5, 5.41) is 0. The second-order valence-electron chi connectivity index (χ2n) is 5.40. The van der Waals surface area contributed by atoms with Crippen molar-refractivity contribution in [2.45, 2.75) is 65.0 Å². The fourth-order valence-electron chi connectivity index (χ4n) is 2.51. The average Bonchev–Trinajstić information content (AvgIpc) is 2.25. The van der Waals surface area contributed by atoms with Gasteiger partial charge in [0.15, 0.2) is 0 Å². The smallest absolute Gasteiger partial charge is 0.223 e. The van der Waals surface area contributed by atoms with Crippen LogP contribution >= 0.6 is 0 Å². The molecule has 2 unspecified atom stereocenters. The number of carbonyl (C=O) groups excluding carboxylic acids is 1. The van der Waals surface area contributed by atoms with Crippen LogP contribution in [-0.2, 0) is 4.79 Å². The Morgan fingerprint density at radius 1 is 1.44 bits per heavy atom. The lowest BCUT2D eigenvalue weighted by atomic mass is 9.95. The Morgan fingerprint density at radius 3 is 2.69 bits per heavy atom. The third-order valence-corrected chi connectivity index (χ3v) is 3.52. The number of amides is 1. The highest BCUT2D eigenvalue weighted by Gasteiger charge is 2.30. The van der Waals surface area contributed by atoms with E-state index in [0.29, 0.717) is 30.8 Å². The lowest BCUT2D eigenvalue weighted by Crippen LogP contribution is -2.51. The van der Waals surface area contributed by atoms with E-state index in [-0.39, 0.29) is 6.04 Å². The SMILES string of the molecule is CC(C)CCC(=O)N1C(C)CCCC1CN. The van der Waals surface area contributed by atoms with Crippen LogP contribution in [0.2, 0.25) is 0 Å². The van der Waals surface area contributed by atoms with Crippen LogP contribution < -0.4 is 5.73 Å². The van der Waals surface area contributed by atoms with E-state index in [1.54, 1.807) is 0 Å². The van der Waals surface area contributed by atoms with Crippen LogP contribution in [-0.4, -0.2) is 29.4 Å². The molecule has 0 spiro atoms. The first-order chi connectivity index (χ1) is 7.56. The molecule has 0 radical (unpaired) electrons. The molecule has 1 heterocycles. The van der Waals surface area contributed by atoms with E-state index in [2.05, 4.69) is 20.8 Å². The van der Waals surface area contributed by atoms with Gasteiger partial charge in [0.25, 0.3) is 0 Å². The molecule has 16 heavy (non-hydrogen) atoms. The molecule has 2 atom stereocenters. The molecule has 1 aliphatic heterocycles. The van der Waals surface area contributed by atoms with E-state index in [0.717, 1.165) is 19.3 Å². The Bertz CT molecular complexity index is 228. The van der Waals surface area contributed by atoms with Crippen LogP contribution in [0, 0.1) is 5.92 Å². The molecule has 1 aliphatic rings. The number of piperidine rings is 1. The number of nitrogens with zero attached hydrogens (tertiary/aromatic N) is 1. The first-order valence-electron chi connectivity index (χ1n) is 6.57. The number of likely N-dealkylation sites (tertiary alicyclic amines) is 1. The summed E-state index contributed by atoms with van der Waals surface area (Å²) in [6, 6.07) is 0.658. The van der Waals surface area contributed by atoms with Crippen molar-refractivity contribution in [3.63, 3.8) is 0 Å². The zero-order valence-corrected chi connectivity index (χ0v) is 10.9. The van der Waals surface area contributed by atoms with E-state index in [4.69, 9.17) is 5.73 Å². The van der Waals surface area contributed by atoms with Crippen molar-refractivity contribution in [2.75, 3.05) is 6.54 Å². The zero-order chi connectivity index (χ0) is 12.1. The molecule has 0 aromatic carbocycles. The summed E-state index contributed by atoms with van der Waals surface area (Å²) in [5.41, 5.74) is 5.76. The van der Waals surface area contributed by atoms with Gasteiger partial charge < -0.3 is 10.6 Å². The van der Waals surface area contributed by atoms with Crippen molar-refractivity contribution in [1.29, 1.82) is 0 Å². The van der Waals surface area contributed by atoms with E-state index in [1.807, 2.05) is 4.90 Å². The maximum absolute atomic E-state index is 12.2. The monoisotopic (exact) mass is 226 g/mol. The van der Waals surface area contributed by atoms with E-state index in [1.165, 1.54) is 6.42 Å². The molecule has 0 aromatic rings. The van der Waals surface area contributed by atoms with Crippen LogP contribution in [0.1, 0.15) is 52.9 Å². The predicted molar refractivity (Wildman–Crippen MR) is 67.1 cm³/mol. The van der Waals surface area contributed by atoms with E-state index in [9.17, 15) is 4.79 Å². The summed E-state index contributed by atoms with van der Waals surface area (Å²) in [7, 11) is 0. The number of carbonyl (C=O) groups is 1. The summed E-state index contributed by atoms with van der Waals surface area (Å²) in [6.45, 7) is 7.08. The van der Waals surface area contributed by atoms with Gasteiger partial charge in [0.05, 0.1) is 0 Å². The molecule has 0 bridgehead atoms. The molecule has 1 rings (SSSR count). The number of hydrogen-bond donors (Lipinski definition) is 1. The van der Waals surface area contributed by atoms with Crippen molar-refractivity contribution in [3.05, 3.63) is 0 Å². The fourth-order valence-corrected chi connectivity index (χ4v) is 2.51. The second kappa shape index (κ2) is 6.24. The standard InChI is InChI=1S/C13H26N2O/c1-10(2)7-8-13(16)15-11(3)5-4-6-12(15)9-14/h10-12H,4-9,14H2,1-3H3. The van der Waals surface area contributed by atoms with Crippen molar-refractivity contribution < 1.29 is 4.79 Å². The second-order valence-corrected chi connectivity index (χ2v) is 5.40. The average molecular weight is 226 g/mol. The Morgan fingerprint density at radius 2 is 2.12 bits per heavy atom. The Labute approximate surface area is 99.4 Å². The highest BCUT2D eigenvalue weighted by atomic mass is 16.2. The molecule has 0 aliphatic carbocycles. The Kier molecular flexibility index (Phi) is 5.26. The van der Waals surface area contributed by atoms with Gasteiger partial charge in [-0.15, -0.1) is 0 Å². The molecule has 1 saturated heterocycles. The van der Waals surface area contributed by atoms with Gasteiger partial charge in [-0.2, -0.15) is 0 Å². The van der Waals surface area contributed by atoms with Gasteiger partial charge in [0.1, 0.15) is 0 Å². The van der Waals surface area contributed by atoms with Crippen molar-refractivity contribution in [1.82, 2.24) is 4.90 Å². The first-order valence-corrected chi connectivity index (χ1v) is 6.57. The molecule has 0 saturated carbocycles. The highest BCUT2D eigenvalue weighted by molar-refractivity contribution is 5.77. The van der Waals surface area contributed by atoms with Crippen LogP contribution in [0.15, 0.2) is 0 Å². The minimum absolute atomic E-state index is 0.281. The topological polar surface area (TPSA) is 46.3 Å². The molecule has 0 aromatic heterocycles. The normalized spacial score (nSPS) is 26.2. The lowest BCUT2D eigenvalue weighted by molar-refractivity contribution is -0.137. The van der Waals surface area contributed by atoms with E-state index >= 15 is 0 Å². The largest absolute Gasteiger partial charge is 0.336 e. The molecule has 1 fully saturated rings. The summed E-state index contributed by atoms with van der Waals surface area (Å²) in [5.74, 6) is 0.900. The van der Waals surface area contributed by atoms with Gasteiger partial charge in [-0.3, -0.25) is 4.79 Å². The quantitative estimate of drug-likeness (QED) is 0.798. The van der Waals surface area contributed by atoms with Crippen LogP contribution in [0.4, 0.5) is 0 Å². The van der Waals surface area contributed by atoms with Crippen molar-refractivity contribution in [3.8, 4) is 0 Å². The molecule has 2 N–H and O–H groups in total. The molecular weight excluding hydrogens is 200 g/mol. The summed E-state index contributed by atoms with van der Waals surface area (Å²) in [4.78, 5) is 14.2. The summed E-state index contributed by atoms with van der Waals surface area (Å²) < 4.78 is 0. The molecule has 1 amide bonds. The van der Waals surface area contributed by atoms with Crippen molar-refractivity contribution >= 4 is 5.91 Å². The summed E-state index contributed by atoms with van der Waals surface area (Å²) in [6.07, 6.45) is 5.08. The minimum atomic E-state index is 0.281. The van der Waals surface area contributed by atoms with Crippen LogP contribution in [0.5, 0.6) is 0 Å². The first kappa shape index (κ1) is 13.5. The molecule has 3 heteroatoms. The maximum Gasteiger partial charge on any atom is 0.223 e. The fraction of sp³-hybridized carbons (Fsp3) is 0.923. The minimum Gasteiger partial charge on any atom is -0.336 e.